The Kier molecular flexibility index (Phi) is 5.85. The summed E-state index contributed by atoms with van der Waals surface area (Å²) in [5, 5.41) is 13.1. The molecule has 162 valence electrons. The number of rotatable bonds is 5. The zero-order valence-corrected chi connectivity index (χ0v) is 18.9. The molecule has 0 bridgehead atoms. The first-order chi connectivity index (χ1) is 15.1. The molecule has 3 aromatic rings. The van der Waals surface area contributed by atoms with Gasteiger partial charge in [0.1, 0.15) is 16.9 Å². The van der Waals surface area contributed by atoms with Crippen LogP contribution in [0.15, 0.2) is 36.4 Å². The van der Waals surface area contributed by atoms with E-state index in [0.29, 0.717) is 6.61 Å². The zero-order chi connectivity index (χ0) is 21.2. The molecule has 5 rings (SSSR count). The molecule has 0 radical (unpaired) electrons. The lowest BCUT2D eigenvalue weighted by Crippen LogP contribution is -2.38. The second-order valence-corrected chi connectivity index (χ2v) is 9.46. The van der Waals surface area contributed by atoms with Gasteiger partial charge in [-0.1, -0.05) is 29.5 Å². The lowest BCUT2D eigenvalue weighted by atomic mass is 9.99. The Hall–Kier alpha value is -2.55. The summed E-state index contributed by atoms with van der Waals surface area (Å²) in [7, 11) is 2.19. The Morgan fingerprint density at radius 2 is 2.13 bits per heavy atom. The summed E-state index contributed by atoms with van der Waals surface area (Å²) in [5.74, 6) is 0.771. The van der Waals surface area contributed by atoms with Crippen LogP contribution in [0.2, 0.25) is 0 Å². The third kappa shape index (κ3) is 4.71. The molecule has 0 saturated carbocycles. The molecular formula is C23H28N6OS. The van der Waals surface area contributed by atoms with Crippen LogP contribution in [-0.4, -0.2) is 53.4 Å². The third-order valence-electron chi connectivity index (χ3n) is 5.91. The van der Waals surface area contributed by atoms with Crippen LogP contribution in [0.3, 0.4) is 0 Å². The molecule has 2 aromatic heterocycles. The van der Waals surface area contributed by atoms with Gasteiger partial charge in [0, 0.05) is 38.9 Å². The van der Waals surface area contributed by atoms with E-state index in [9.17, 15) is 0 Å². The zero-order valence-electron chi connectivity index (χ0n) is 18.0. The summed E-state index contributed by atoms with van der Waals surface area (Å²) in [6, 6.07) is 13.0. The molecule has 0 spiro atoms. The highest BCUT2D eigenvalue weighted by Gasteiger charge is 2.24. The number of hydrogen-bond donors (Lipinski definition) is 1. The predicted molar refractivity (Wildman–Crippen MR) is 124 cm³/mol. The van der Waals surface area contributed by atoms with Crippen molar-refractivity contribution in [2.24, 2.45) is 0 Å². The van der Waals surface area contributed by atoms with E-state index in [1.165, 1.54) is 41.0 Å². The number of hydrogen-bond acceptors (Lipinski definition) is 8. The Bertz CT molecular complexity index is 1050. The number of aryl methyl sites for hydroxylation is 2. The summed E-state index contributed by atoms with van der Waals surface area (Å²) in [6.45, 7) is 6.53. The number of aromatic nitrogens is 3. The molecule has 31 heavy (non-hydrogen) atoms. The van der Waals surface area contributed by atoms with Crippen LogP contribution in [0.25, 0.3) is 0 Å². The number of nitrogens with one attached hydrogen (secondary N) is 1. The Balaban J connectivity index is 1.26. The van der Waals surface area contributed by atoms with E-state index in [4.69, 9.17) is 9.72 Å². The number of fused-ring (bicyclic) bond motifs is 1. The first-order valence-electron chi connectivity index (χ1n) is 10.8. The number of pyridine rings is 1. The Labute approximate surface area is 187 Å². The summed E-state index contributed by atoms with van der Waals surface area (Å²) in [5.41, 5.74) is 5.19. The van der Waals surface area contributed by atoms with Crippen molar-refractivity contribution in [3.63, 3.8) is 0 Å². The van der Waals surface area contributed by atoms with Crippen molar-refractivity contribution in [2.45, 2.75) is 32.4 Å². The van der Waals surface area contributed by atoms with E-state index in [-0.39, 0.29) is 6.10 Å². The fraction of sp³-hybridized carbons (Fsp3) is 0.435. The fourth-order valence-electron chi connectivity index (χ4n) is 4.38. The van der Waals surface area contributed by atoms with Gasteiger partial charge in [0.05, 0.1) is 12.3 Å². The molecule has 0 aliphatic carbocycles. The highest BCUT2D eigenvalue weighted by atomic mass is 32.1. The van der Waals surface area contributed by atoms with Crippen molar-refractivity contribution < 1.29 is 4.74 Å². The van der Waals surface area contributed by atoms with Gasteiger partial charge in [-0.25, -0.2) is 4.98 Å². The molecule has 7 nitrogen and oxygen atoms in total. The van der Waals surface area contributed by atoms with Crippen LogP contribution in [0.5, 0.6) is 0 Å². The Morgan fingerprint density at radius 1 is 1.19 bits per heavy atom. The topological polar surface area (TPSA) is 66.4 Å². The molecule has 1 saturated heterocycles. The number of morpholine rings is 1. The number of ether oxygens (including phenoxy) is 1. The van der Waals surface area contributed by atoms with E-state index in [2.05, 4.69) is 50.6 Å². The van der Waals surface area contributed by atoms with Gasteiger partial charge in [0.2, 0.25) is 5.13 Å². The maximum absolute atomic E-state index is 6.08. The standard InChI is InChI=1S/C23H28N6OS/c1-16-26-27-23(31-16)25-22-7-3-6-19(24-22)21-15-29(11-12-30-21)14-17-8-9-20-18(13-17)5-4-10-28(20)2/h3,6-9,13,21H,4-5,10-12,14-15H2,1-2H3,(H,24,25,27)/t21-/m0/s1. The van der Waals surface area contributed by atoms with Gasteiger partial charge < -0.3 is 15.0 Å². The predicted octanol–water partition coefficient (Wildman–Crippen LogP) is 3.94. The van der Waals surface area contributed by atoms with Crippen molar-refractivity contribution in [1.82, 2.24) is 20.1 Å². The smallest absolute Gasteiger partial charge is 0.211 e. The number of benzene rings is 1. The summed E-state index contributed by atoms with van der Waals surface area (Å²) < 4.78 is 6.08. The molecule has 4 heterocycles. The molecule has 8 heteroatoms. The highest BCUT2D eigenvalue weighted by Crippen LogP contribution is 2.29. The van der Waals surface area contributed by atoms with Crippen LogP contribution in [0.1, 0.15) is 34.4 Å². The van der Waals surface area contributed by atoms with E-state index in [1.54, 1.807) is 0 Å². The average Bonchev–Trinajstić information content (AvgIpc) is 3.19. The van der Waals surface area contributed by atoms with Gasteiger partial charge in [-0.15, -0.1) is 10.2 Å². The second-order valence-electron chi connectivity index (χ2n) is 8.28. The maximum atomic E-state index is 6.08. The van der Waals surface area contributed by atoms with Gasteiger partial charge in [-0.2, -0.15) is 0 Å². The van der Waals surface area contributed by atoms with Crippen LogP contribution in [0.4, 0.5) is 16.6 Å². The van der Waals surface area contributed by atoms with Gasteiger partial charge in [-0.3, -0.25) is 4.90 Å². The average molecular weight is 437 g/mol. The first-order valence-corrected chi connectivity index (χ1v) is 11.7. The lowest BCUT2D eigenvalue weighted by molar-refractivity contribution is -0.0349. The highest BCUT2D eigenvalue weighted by molar-refractivity contribution is 7.15. The SMILES string of the molecule is Cc1nnc(Nc2cccc([C@@H]3CN(Cc4ccc5c(c4)CCCN5C)CCO3)n2)s1. The minimum atomic E-state index is -0.0320. The second kappa shape index (κ2) is 8.90. The molecule has 0 amide bonds. The minimum Gasteiger partial charge on any atom is -0.374 e. The molecular weight excluding hydrogens is 408 g/mol. The van der Waals surface area contributed by atoms with Gasteiger partial charge in [0.15, 0.2) is 0 Å². The van der Waals surface area contributed by atoms with E-state index in [1.807, 2.05) is 25.1 Å². The summed E-state index contributed by atoms with van der Waals surface area (Å²) in [4.78, 5) is 9.61. The summed E-state index contributed by atoms with van der Waals surface area (Å²) >= 11 is 1.52. The van der Waals surface area contributed by atoms with Crippen molar-refractivity contribution in [3.8, 4) is 0 Å². The van der Waals surface area contributed by atoms with Crippen molar-refractivity contribution in [3.05, 3.63) is 58.2 Å². The van der Waals surface area contributed by atoms with Crippen LogP contribution in [-0.2, 0) is 17.7 Å². The van der Waals surface area contributed by atoms with Gasteiger partial charge >= 0.3 is 0 Å². The summed E-state index contributed by atoms with van der Waals surface area (Å²) in [6.07, 6.45) is 2.38. The van der Waals surface area contributed by atoms with E-state index < -0.39 is 0 Å². The largest absolute Gasteiger partial charge is 0.374 e. The van der Waals surface area contributed by atoms with Crippen molar-refractivity contribution >= 4 is 28.0 Å². The quantitative estimate of drug-likeness (QED) is 0.650. The molecule has 1 atom stereocenters. The van der Waals surface area contributed by atoms with Crippen molar-refractivity contribution in [1.29, 1.82) is 0 Å². The van der Waals surface area contributed by atoms with Gasteiger partial charge in [-0.05, 0) is 49.1 Å². The molecule has 1 N–H and O–H groups in total. The number of anilines is 3. The molecule has 2 aliphatic rings. The third-order valence-corrected chi connectivity index (χ3v) is 6.67. The fourth-order valence-corrected chi connectivity index (χ4v) is 4.98. The van der Waals surface area contributed by atoms with Crippen LogP contribution >= 0.6 is 11.3 Å². The molecule has 1 aromatic carbocycles. The van der Waals surface area contributed by atoms with Crippen molar-refractivity contribution in [2.75, 3.05) is 43.5 Å². The molecule has 0 unspecified atom stereocenters. The molecule has 1 fully saturated rings. The normalized spacial score (nSPS) is 19.3. The van der Waals surface area contributed by atoms with Crippen LogP contribution in [0, 0.1) is 6.92 Å². The molecule has 2 aliphatic heterocycles. The Morgan fingerprint density at radius 3 is 3.00 bits per heavy atom. The van der Waals surface area contributed by atoms with Gasteiger partial charge in [0.25, 0.3) is 0 Å². The monoisotopic (exact) mass is 436 g/mol. The van der Waals surface area contributed by atoms with Crippen LogP contribution < -0.4 is 10.2 Å². The maximum Gasteiger partial charge on any atom is 0.211 e. The van der Waals surface area contributed by atoms with E-state index in [0.717, 1.165) is 47.8 Å². The van der Waals surface area contributed by atoms with E-state index >= 15 is 0 Å². The first kappa shape index (κ1) is 20.4. The number of nitrogens with zero attached hydrogens (tertiary/aromatic N) is 5. The minimum absolute atomic E-state index is 0.0320. The lowest BCUT2D eigenvalue weighted by Gasteiger charge is -2.33.